The maximum Gasteiger partial charge on any atom is 0.173 e. The number of Topliss-reactive ketones (excluding diaryl/α,β-unsaturated/α-hetero) is 1. The average Bonchev–Trinajstić information content (AvgIpc) is 3.40. The molecule has 0 bridgehead atoms. The second kappa shape index (κ2) is 6.50. The third kappa shape index (κ3) is 3.33. The number of hydrogen-bond donors (Lipinski definition) is 0. The van der Waals surface area contributed by atoms with Crippen molar-refractivity contribution in [2.24, 2.45) is 0 Å². The summed E-state index contributed by atoms with van der Waals surface area (Å²) in [5, 5.41) is 1.97. The number of aromatic nitrogens is 2. The van der Waals surface area contributed by atoms with Crippen LogP contribution in [-0.4, -0.2) is 21.5 Å². The Labute approximate surface area is 153 Å². The van der Waals surface area contributed by atoms with Crippen LogP contribution < -0.4 is 0 Å². The fraction of sp³-hybridized carbons (Fsp3) is 0.316. The minimum atomic E-state index is -0.333. The highest BCUT2D eigenvalue weighted by atomic mass is 32.2. The first-order valence-corrected chi connectivity index (χ1v) is 10.0. The molecule has 1 fully saturated rings. The van der Waals surface area contributed by atoms with Gasteiger partial charge in [0.05, 0.1) is 5.75 Å². The molecule has 2 heterocycles. The van der Waals surface area contributed by atoms with E-state index in [9.17, 15) is 9.18 Å². The summed E-state index contributed by atoms with van der Waals surface area (Å²) in [7, 11) is 0. The number of aryl methyl sites for hydroxylation is 2. The first-order valence-electron chi connectivity index (χ1n) is 8.22. The smallest absolute Gasteiger partial charge is 0.173 e. The van der Waals surface area contributed by atoms with Gasteiger partial charge in [-0.3, -0.25) is 4.79 Å². The summed E-state index contributed by atoms with van der Waals surface area (Å²) in [4.78, 5) is 24.2. The van der Waals surface area contributed by atoms with E-state index in [0.717, 1.165) is 33.9 Å². The lowest BCUT2D eigenvalue weighted by molar-refractivity contribution is 0.102. The van der Waals surface area contributed by atoms with Crippen LogP contribution in [0.2, 0.25) is 0 Å². The third-order valence-corrected chi connectivity index (χ3v) is 6.54. The molecule has 6 heteroatoms. The van der Waals surface area contributed by atoms with Crippen LogP contribution in [0.4, 0.5) is 4.39 Å². The average molecular weight is 372 g/mol. The molecule has 0 saturated heterocycles. The predicted octanol–water partition coefficient (Wildman–Crippen LogP) is 5.30. The Hall–Kier alpha value is -1.79. The third-order valence-electron chi connectivity index (χ3n) is 4.46. The van der Waals surface area contributed by atoms with Gasteiger partial charge in [-0.1, -0.05) is 11.8 Å². The van der Waals surface area contributed by atoms with Gasteiger partial charge in [-0.25, -0.2) is 14.4 Å². The van der Waals surface area contributed by atoms with Gasteiger partial charge < -0.3 is 0 Å². The first kappa shape index (κ1) is 16.7. The van der Waals surface area contributed by atoms with E-state index in [1.807, 2.05) is 0 Å². The van der Waals surface area contributed by atoms with Crippen LogP contribution in [0.5, 0.6) is 0 Å². The summed E-state index contributed by atoms with van der Waals surface area (Å²) in [5.74, 6) is 1.31. The molecule has 3 nitrogen and oxygen atoms in total. The minimum Gasteiger partial charge on any atom is -0.293 e. The van der Waals surface area contributed by atoms with Crippen LogP contribution in [0.15, 0.2) is 29.3 Å². The van der Waals surface area contributed by atoms with E-state index in [4.69, 9.17) is 9.97 Å². The van der Waals surface area contributed by atoms with Gasteiger partial charge in [0, 0.05) is 21.7 Å². The molecular weight excluding hydrogens is 355 g/mol. The van der Waals surface area contributed by atoms with E-state index in [1.165, 1.54) is 46.5 Å². The fourth-order valence-electron chi connectivity index (χ4n) is 2.71. The Morgan fingerprint density at radius 1 is 1.24 bits per heavy atom. The lowest BCUT2D eigenvalue weighted by atomic mass is 10.1. The molecule has 3 aromatic rings. The first-order chi connectivity index (χ1) is 12.0. The molecule has 0 atom stereocenters. The van der Waals surface area contributed by atoms with Gasteiger partial charge in [-0.05, 0) is 56.5 Å². The Kier molecular flexibility index (Phi) is 4.33. The summed E-state index contributed by atoms with van der Waals surface area (Å²) in [5.41, 5.74) is 1.72. The highest BCUT2D eigenvalue weighted by Crippen LogP contribution is 2.42. The number of halogens is 1. The molecule has 1 aromatic carbocycles. The number of benzene rings is 1. The molecule has 4 rings (SSSR count). The van der Waals surface area contributed by atoms with Crippen LogP contribution in [0.1, 0.15) is 45.4 Å². The highest BCUT2D eigenvalue weighted by Gasteiger charge is 2.28. The van der Waals surface area contributed by atoms with Crippen molar-refractivity contribution in [3.63, 3.8) is 0 Å². The number of rotatable bonds is 5. The molecule has 0 N–H and O–H groups in total. The number of thioether (sulfide) groups is 1. The van der Waals surface area contributed by atoms with Crippen molar-refractivity contribution in [3.05, 3.63) is 51.9 Å². The molecule has 1 aliphatic carbocycles. The van der Waals surface area contributed by atoms with E-state index in [1.54, 1.807) is 11.3 Å². The van der Waals surface area contributed by atoms with Crippen molar-refractivity contribution in [3.8, 4) is 0 Å². The van der Waals surface area contributed by atoms with Crippen LogP contribution in [0, 0.1) is 19.7 Å². The molecule has 0 aliphatic heterocycles. The molecule has 0 amide bonds. The van der Waals surface area contributed by atoms with Gasteiger partial charge in [-0.15, -0.1) is 11.3 Å². The van der Waals surface area contributed by atoms with Gasteiger partial charge in [-0.2, -0.15) is 0 Å². The SMILES string of the molecule is Cc1sc2nc(C3CC3)nc(SCC(=O)c3ccc(F)cc3)c2c1C. The number of nitrogens with zero attached hydrogens (tertiary/aromatic N) is 2. The van der Waals surface area contributed by atoms with Crippen LogP contribution >= 0.6 is 23.1 Å². The highest BCUT2D eigenvalue weighted by molar-refractivity contribution is 8.00. The second-order valence-corrected chi connectivity index (χ2v) is 8.51. The minimum absolute atomic E-state index is 0.0191. The molecule has 1 aliphatic rings. The normalized spacial score (nSPS) is 14.2. The van der Waals surface area contributed by atoms with Crippen LogP contribution in [0.25, 0.3) is 10.2 Å². The summed E-state index contributed by atoms with van der Waals surface area (Å²) >= 11 is 3.15. The van der Waals surface area contributed by atoms with E-state index < -0.39 is 0 Å². The molecule has 128 valence electrons. The van der Waals surface area contributed by atoms with Crippen LogP contribution in [0.3, 0.4) is 0 Å². The Morgan fingerprint density at radius 3 is 2.64 bits per heavy atom. The number of carbonyl (C=O) groups excluding carboxylic acids is 1. The zero-order valence-corrected chi connectivity index (χ0v) is 15.6. The monoisotopic (exact) mass is 372 g/mol. The number of carbonyl (C=O) groups is 1. The van der Waals surface area contributed by atoms with E-state index >= 15 is 0 Å². The van der Waals surface area contributed by atoms with E-state index in [2.05, 4.69) is 13.8 Å². The zero-order valence-electron chi connectivity index (χ0n) is 14.0. The molecule has 0 unspecified atom stereocenters. The molecule has 2 aromatic heterocycles. The van der Waals surface area contributed by atoms with Gasteiger partial charge in [0.1, 0.15) is 21.5 Å². The number of ketones is 1. The Bertz CT molecular complexity index is 962. The van der Waals surface area contributed by atoms with Gasteiger partial charge in [0.15, 0.2) is 5.78 Å². The molecule has 0 spiro atoms. The zero-order chi connectivity index (χ0) is 17.6. The predicted molar refractivity (Wildman–Crippen MR) is 100 cm³/mol. The number of hydrogen-bond acceptors (Lipinski definition) is 5. The van der Waals surface area contributed by atoms with Crippen molar-refractivity contribution in [1.82, 2.24) is 9.97 Å². The summed E-state index contributed by atoms with van der Waals surface area (Å²) < 4.78 is 13.0. The fourth-order valence-corrected chi connectivity index (χ4v) is 4.80. The van der Waals surface area contributed by atoms with Gasteiger partial charge in [0.25, 0.3) is 0 Å². The number of thiophene rings is 1. The van der Waals surface area contributed by atoms with Crippen LogP contribution in [-0.2, 0) is 0 Å². The molecular formula is C19H17FN2OS2. The maximum atomic E-state index is 13.0. The summed E-state index contributed by atoms with van der Waals surface area (Å²) in [6.45, 7) is 4.18. The van der Waals surface area contributed by atoms with Crippen molar-refractivity contribution < 1.29 is 9.18 Å². The molecule has 25 heavy (non-hydrogen) atoms. The molecule has 1 saturated carbocycles. The van der Waals surface area contributed by atoms with Crippen molar-refractivity contribution in [1.29, 1.82) is 0 Å². The van der Waals surface area contributed by atoms with Crippen molar-refractivity contribution in [2.75, 3.05) is 5.75 Å². The van der Waals surface area contributed by atoms with E-state index in [0.29, 0.717) is 11.5 Å². The summed E-state index contributed by atoms with van der Waals surface area (Å²) in [6.07, 6.45) is 2.29. The van der Waals surface area contributed by atoms with Crippen molar-refractivity contribution >= 4 is 39.1 Å². The Balaban J connectivity index is 1.63. The Morgan fingerprint density at radius 2 is 1.96 bits per heavy atom. The largest absolute Gasteiger partial charge is 0.293 e. The second-order valence-electron chi connectivity index (χ2n) is 6.34. The standard InChI is InChI=1S/C19H17FN2OS2/c1-10-11(2)25-19-16(10)18(21-17(22-19)13-3-4-13)24-9-15(23)12-5-7-14(20)8-6-12/h5-8,13H,3-4,9H2,1-2H3. The van der Waals surface area contributed by atoms with Crippen molar-refractivity contribution in [2.45, 2.75) is 37.6 Å². The topological polar surface area (TPSA) is 42.9 Å². The molecule has 0 radical (unpaired) electrons. The maximum absolute atomic E-state index is 13.0. The van der Waals surface area contributed by atoms with E-state index in [-0.39, 0.29) is 17.4 Å². The lowest BCUT2D eigenvalue weighted by Crippen LogP contribution is -2.03. The quantitative estimate of drug-likeness (QED) is 0.346. The summed E-state index contributed by atoms with van der Waals surface area (Å²) in [6, 6.07) is 5.70. The lowest BCUT2D eigenvalue weighted by Gasteiger charge is -2.06. The van der Waals surface area contributed by atoms with Gasteiger partial charge >= 0.3 is 0 Å². The van der Waals surface area contributed by atoms with Gasteiger partial charge in [0.2, 0.25) is 0 Å². The number of fused-ring (bicyclic) bond motifs is 1.